The first-order chi connectivity index (χ1) is 10.7. The molecule has 0 spiro atoms. The number of anilines is 1. The van der Waals surface area contributed by atoms with E-state index >= 15 is 0 Å². The Balaban J connectivity index is 2.17. The van der Waals surface area contributed by atoms with Crippen LogP contribution in [0, 0.1) is 0 Å². The number of nitrogens with one attached hydrogen (secondary N) is 1. The molecule has 8 nitrogen and oxygen atoms in total. The van der Waals surface area contributed by atoms with Crippen LogP contribution in [-0.2, 0) is 25.4 Å². The first-order valence-electron chi connectivity index (χ1n) is 6.93. The van der Waals surface area contributed by atoms with Crippen molar-refractivity contribution in [3.63, 3.8) is 0 Å². The van der Waals surface area contributed by atoms with Gasteiger partial charge in [0, 0.05) is 25.2 Å². The third kappa shape index (κ3) is 1.24. The molecular formula is C15H13N3O5. The number of aliphatic hydroxyl groups is 2. The van der Waals surface area contributed by atoms with Crippen LogP contribution in [0.4, 0.5) is 5.82 Å². The first kappa shape index (κ1) is 13.9. The third-order valence-electron chi connectivity index (χ3n) is 4.74. The van der Waals surface area contributed by atoms with Crippen molar-refractivity contribution in [1.29, 1.82) is 0 Å². The summed E-state index contributed by atoms with van der Waals surface area (Å²) in [6.07, 6.45) is 0. The summed E-state index contributed by atoms with van der Waals surface area (Å²) in [5, 5.41) is 24.7. The van der Waals surface area contributed by atoms with Crippen molar-refractivity contribution >= 4 is 11.6 Å². The average Bonchev–Trinajstić information content (AvgIpc) is 2.88. The van der Waals surface area contributed by atoms with Gasteiger partial charge in [-0.2, -0.15) is 0 Å². The standard InChI is InChI=1S/C15H13N3O5/c1-17-11-9(12(20)18(2)13(17)21)14(22)10(19)7-5-3-4-6-8(7)15(14,23)16-11/h3-6,16,22-23H,1-2H3. The molecule has 0 bridgehead atoms. The van der Waals surface area contributed by atoms with Crippen LogP contribution in [0.15, 0.2) is 33.9 Å². The molecule has 2 atom stereocenters. The van der Waals surface area contributed by atoms with E-state index in [1.165, 1.54) is 26.2 Å². The fourth-order valence-corrected chi connectivity index (χ4v) is 3.49. The summed E-state index contributed by atoms with van der Waals surface area (Å²) in [6, 6.07) is 6.17. The number of benzene rings is 1. The van der Waals surface area contributed by atoms with Gasteiger partial charge in [-0.05, 0) is 0 Å². The Morgan fingerprint density at radius 3 is 2.39 bits per heavy atom. The Kier molecular flexibility index (Phi) is 2.29. The molecule has 1 aliphatic heterocycles. The molecule has 1 aromatic carbocycles. The fraction of sp³-hybridized carbons (Fsp3) is 0.267. The van der Waals surface area contributed by atoms with E-state index in [9.17, 15) is 24.6 Å². The zero-order valence-electron chi connectivity index (χ0n) is 12.3. The molecule has 2 aromatic rings. The Morgan fingerprint density at radius 1 is 1.04 bits per heavy atom. The minimum atomic E-state index is -2.48. The van der Waals surface area contributed by atoms with Crippen LogP contribution in [0.2, 0.25) is 0 Å². The van der Waals surface area contributed by atoms with Gasteiger partial charge in [0.2, 0.25) is 17.1 Å². The number of rotatable bonds is 0. The van der Waals surface area contributed by atoms with Crippen molar-refractivity contribution in [2.75, 3.05) is 5.32 Å². The van der Waals surface area contributed by atoms with Gasteiger partial charge in [0.1, 0.15) is 11.4 Å². The second kappa shape index (κ2) is 3.79. The summed E-state index contributed by atoms with van der Waals surface area (Å²) in [7, 11) is 2.63. The van der Waals surface area contributed by atoms with Gasteiger partial charge in [-0.1, -0.05) is 24.3 Å². The van der Waals surface area contributed by atoms with Gasteiger partial charge in [0.15, 0.2) is 0 Å². The van der Waals surface area contributed by atoms with E-state index in [1.807, 2.05) is 0 Å². The minimum absolute atomic E-state index is 0.0639. The Labute approximate surface area is 129 Å². The van der Waals surface area contributed by atoms with Crippen LogP contribution in [0.3, 0.4) is 0 Å². The summed E-state index contributed by atoms with van der Waals surface area (Å²) < 4.78 is 1.88. The van der Waals surface area contributed by atoms with Crippen molar-refractivity contribution in [3.8, 4) is 0 Å². The third-order valence-corrected chi connectivity index (χ3v) is 4.74. The predicted octanol–water partition coefficient (Wildman–Crippen LogP) is -1.26. The zero-order valence-corrected chi connectivity index (χ0v) is 12.3. The number of nitrogens with zero attached hydrogens (tertiary/aromatic N) is 2. The predicted molar refractivity (Wildman–Crippen MR) is 79.1 cm³/mol. The molecule has 2 aliphatic rings. The molecule has 118 valence electrons. The van der Waals surface area contributed by atoms with Crippen molar-refractivity contribution in [2.45, 2.75) is 11.3 Å². The summed E-state index contributed by atoms with van der Waals surface area (Å²) in [5.41, 5.74) is -6.16. The fourth-order valence-electron chi connectivity index (χ4n) is 3.49. The number of aromatic nitrogens is 2. The number of carbonyl (C=O) groups excluding carboxylic acids is 1. The molecule has 0 saturated carbocycles. The van der Waals surface area contributed by atoms with E-state index in [-0.39, 0.29) is 22.5 Å². The van der Waals surface area contributed by atoms with Crippen LogP contribution >= 0.6 is 0 Å². The molecule has 0 fully saturated rings. The van der Waals surface area contributed by atoms with E-state index in [2.05, 4.69) is 5.32 Å². The number of Topliss-reactive ketones (excluding diaryl/α,β-unsaturated/α-hetero) is 1. The number of fused-ring (bicyclic) bond motifs is 5. The quantitative estimate of drug-likeness (QED) is 0.559. The Hall–Kier alpha value is -2.71. The molecule has 3 N–H and O–H groups in total. The molecule has 0 amide bonds. The lowest BCUT2D eigenvalue weighted by atomic mass is 9.88. The number of ketones is 1. The van der Waals surface area contributed by atoms with E-state index in [4.69, 9.17) is 0 Å². The normalized spacial score (nSPS) is 27.4. The molecular weight excluding hydrogens is 302 g/mol. The van der Waals surface area contributed by atoms with Gasteiger partial charge in [-0.15, -0.1) is 0 Å². The molecule has 0 radical (unpaired) electrons. The van der Waals surface area contributed by atoms with Gasteiger partial charge < -0.3 is 15.5 Å². The van der Waals surface area contributed by atoms with Crippen molar-refractivity contribution in [1.82, 2.24) is 9.13 Å². The van der Waals surface area contributed by atoms with E-state index in [0.29, 0.717) is 0 Å². The maximum absolute atomic E-state index is 12.7. The monoisotopic (exact) mass is 315 g/mol. The maximum Gasteiger partial charge on any atom is 0.332 e. The lowest BCUT2D eigenvalue weighted by Gasteiger charge is -2.29. The highest BCUT2D eigenvalue weighted by molar-refractivity contribution is 6.11. The number of carbonyl (C=O) groups is 1. The number of hydrogen-bond donors (Lipinski definition) is 3. The summed E-state index contributed by atoms with van der Waals surface area (Å²) in [6.45, 7) is 0. The van der Waals surface area contributed by atoms with Gasteiger partial charge in [-0.3, -0.25) is 18.7 Å². The van der Waals surface area contributed by atoms with Crippen LogP contribution in [0.1, 0.15) is 21.5 Å². The number of hydrogen-bond acceptors (Lipinski definition) is 6. The topological polar surface area (TPSA) is 114 Å². The second-order valence-corrected chi connectivity index (χ2v) is 5.85. The smallest absolute Gasteiger partial charge is 0.332 e. The van der Waals surface area contributed by atoms with Gasteiger partial charge >= 0.3 is 5.69 Å². The van der Waals surface area contributed by atoms with Crippen LogP contribution in [0.25, 0.3) is 0 Å². The van der Waals surface area contributed by atoms with Gasteiger partial charge in [-0.25, -0.2) is 4.79 Å². The van der Waals surface area contributed by atoms with E-state index < -0.39 is 28.4 Å². The van der Waals surface area contributed by atoms with Crippen LogP contribution < -0.4 is 16.6 Å². The summed E-state index contributed by atoms with van der Waals surface area (Å²) in [5.74, 6) is -0.844. The second-order valence-electron chi connectivity index (χ2n) is 5.85. The highest BCUT2D eigenvalue weighted by atomic mass is 16.4. The Bertz CT molecular complexity index is 1020. The average molecular weight is 315 g/mol. The molecule has 2 unspecified atom stereocenters. The summed E-state index contributed by atoms with van der Waals surface area (Å²) in [4.78, 5) is 37.3. The Morgan fingerprint density at radius 2 is 1.70 bits per heavy atom. The van der Waals surface area contributed by atoms with Crippen LogP contribution in [-0.4, -0.2) is 25.1 Å². The highest BCUT2D eigenvalue weighted by Gasteiger charge is 2.70. The summed E-state index contributed by atoms with van der Waals surface area (Å²) >= 11 is 0. The molecule has 8 heteroatoms. The van der Waals surface area contributed by atoms with Gasteiger partial charge in [0.05, 0.1) is 0 Å². The van der Waals surface area contributed by atoms with E-state index in [1.54, 1.807) is 12.1 Å². The maximum atomic E-state index is 12.7. The lowest BCUT2D eigenvalue weighted by molar-refractivity contribution is -0.101. The molecule has 1 aliphatic carbocycles. The molecule has 1 aromatic heterocycles. The first-order valence-corrected chi connectivity index (χ1v) is 6.93. The van der Waals surface area contributed by atoms with Crippen LogP contribution in [0.5, 0.6) is 0 Å². The molecule has 23 heavy (non-hydrogen) atoms. The minimum Gasteiger partial charge on any atom is -0.372 e. The highest BCUT2D eigenvalue weighted by Crippen LogP contribution is 2.54. The van der Waals surface area contributed by atoms with Crippen molar-refractivity contribution in [3.05, 3.63) is 61.8 Å². The zero-order chi connectivity index (χ0) is 16.7. The van der Waals surface area contributed by atoms with Crippen molar-refractivity contribution < 1.29 is 15.0 Å². The molecule has 2 heterocycles. The lowest BCUT2D eigenvalue weighted by Crippen LogP contribution is -2.52. The van der Waals surface area contributed by atoms with E-state index in [0.717, 1.165) is 9.13 Å². The van der Waals surface area contributed by atoms with Crippen molar-refractivity contribution in [2.24, 2.45) is 14.1 Å². The SMILES string of the molecule is Cn1c2c(c(=O)n(C)c1=O)C1(O)C(=O)c3ccccc3C1(O)N2. The molecule has 0 saturated heterocycles. The van der Waals surface area contributed by atoms with Gasteiger partial charge in [0.25, 0.3) is 5.56 Å². The molecule has 4 rings (SSSR count). The largest absolute Gasteiger partial charge is 0.372 e.